The van der Waals surface area contributed by atoms with Gasteiger partial charge in [-0.1, -0.05) is 6.92 Å². The highest BCUT2D eigenvalue weighted by Crippen LogP contribution is 2.30. The lowest BCUT2D eigenvalue weighted by Crippen LogP contribution is -2.31. The van der Waals surface area contributed by atoms with Gasteiger partial charge in [0.15, 0.2) is 0 Å². The molecule has 0 bridgehead atoms. The van der Waals surface area contributed by atoms with E-state index in [4.69, 9.17) is 0 Å². The average molecular weight is 275 g/mol. The Morgan fingerprint density at radius 2 is 1.84 bits per heavy atom. The quantitative estimate of drug-likeness (QED) is 0.773. The van der Waals surface area contributed by atoms with E-state index in [9.17, 15) is 18.0 Å². The normalized spacial score (nSPS) is 11.2. The van der Waals surface area contributed by atoms with E-state index < -0.39 is 17.7 Å². The zero-order valence-corrected chi connectivity index (χ0v) is 10.8. The number of hydrogen-bond donors (Lipinski definition) is 0. The van der Waals surface area contributed by atoms with Gasteiger partial charge in [-0.15, -0.1) is 0 Å². The van der Waals surface area contributed by atoms with Crippen molar-refractivity contribution in [3.05, 3.63) is 29.8 Å². The fraction of sp³-hybridized carbons (Fsp3) is 0.462. The van der Waals surface area contributed by atoms with Crippen LogP contribution in [0.3, 0.4) is 0 Å². The zero-order chi connectivity index (χ0) is 14.5. The Balaban J connectivity index is 2.88. The van der Waals surface area contributed by atoms with E-state index >= 15 is 0 Å². The predicted molar refractivity (Wildman–Crippen MR) is 66.0 cm³/mol. The Morgan fingerprint density at radius 1 is 1.26 bits per heavy atom. The molecule has 6 heteroatoms. The van der Waals surface area contributed by atoms with Gasteiger partial charge in [0, 0.05) is 12.2 Å². The zero-order valence-electron chi connectivity index (χ0n) is 10.8. The first kappa shape index (κ1) is 15.3. The molecule has 0 fully saturated rings. The number of carbonyl (C=O) groups is 1. The van der Waals surface area contributed by atoms with E-state index in [1.807, 2.05) is 6.92 Å². The molecular weight excluding hydrogens is 259 g/mol. The van der Waals surface area contributed by atoms with E-state index in [-0.39, 0.29) is 6.54 Å². The Bertz CT molecular complexity index is 415. The van der Waals surface area contributed by atoms with Crippen LogP contribution in [0.1, 0.15) is 18.9 Å². The number of methoxy groups -OCH3 is 1. The van der Waals surface area contributed by atoms with E-state index in [1.165, 1.54) is 19.2 Å². The monoisotopic (exact) mass is 275 g/mol. The van der Waals surface area contributed by atoms with Crippen molar-refractivity contribution in [3.63, 3.8) is 0 Å². The molecule has 0 heterocycles. The number of anilines is 1. The van der Waals surface area contributed by atoms with Crippen LogP contribution in [0, 0.1) is 0 Å². The second-order valence-corrected chi connectivity index (χ2v) is 4.04. The van der Waals surface area contributed by atoms with Crippen LogP contribution < -0.4 is 4.90 Å². The molecule has 19 heavy (non-hydrogen) atoms. The molecule has 106 valence electrons. The summed E-state index contributed by atoms with van der Waals surface area (Å²) in [4.78, 5) is 12.9. The summed E-state index contributed by atoms with van der Waals surface area (Å²) < 4.78 is 41.9. The average Bonchev–Trinajstić information content (AvgIpc) is 2.37. The number of ether oxygens (including phenoxy) is 1. The van der Waals surface area contributed by atoms with E-state index in [0.717, 1.165) is 18.6 Å². The van der Waals surface area contributed by atoms with Crippen LogP contribution in [0.4, 0.5) is 18.9 Å². The van der Waals surface area contributed by atoms with Crippen LogP contribution in [-0.2, 0) is 15.7 Å². The van der Waals surface area contributed by atoms with Crippen LogP contribution in [0.25, 0.3) is 0 Å². The van der Waals surface area contributed by atoms with Gasteiger partial charge >= 0.3 is 12.1 Å². The number of hydrogen-bond acceptors (Lipinski definition) is 3. The minimum absolute atomic E-state index is 0.0235. The highest BCUT2D eigenvalue weighted by Gasteiger charge is 2.30. The summed E-state index contributed by atoms with van der Waals surface area (Å²) in [6.07, 6.45) is -3.57. The molecule has 0 amide bonds. The lowest BCUT2D eigenvalue weighted by atomic mass is 10.2. The number of benzene rings is 1. The van der Waals surface area contributed by atoms with Gasteiger partial charge in [-0.2, -0.15) is 13.2 Å². The molecule has 1 rings (SSSR count). The van der Waals surface area contributed by atoms with Gasteiger partial charge in [-0.05, 0) is 30.7 Å². The summed E-state index contributed by atoms with van der Waals surface area (Å²) in [5.41, 5.74) is -0.133. The van der Waals surface area contributed by atoms with Crippen LogP contribution in [0.15, 0.2) is 24.3 Å². The summed E-state index contributed by atoms with van der Waals surface area (Å²) in [5.74, 6) is -0.423. The second kappa shape index (κ2) is 6.45. The first-order chi connectivity index (χ1) is 8.88. The molecule has 1 aromatic rings. The third-order valence-electron chi connectivity index (χ3n) is 2.60. The SMILES string of the molecule is CCCN(CC(=O)OC)c1ccc(C(F)(F)F)cc1. The molecule has 0 aliphatic carbocycles. The molecule has 0 aromatic heterocycles. The minimum atomic E-state index is -4.35. The van der Waals surface area contributed by atoms with Crippen LogP contribution in [-0.4, -0.2) is 26.2 Å². The molecular formula is C13H16F3NO2. The lowest BCUT2D eigenvalue weighted by Gasteiger charge is -2.23. The third-order valence-corrected chi connectivity index (χ3v) is 2.60. The first-order valence-electron chi connectivity index (χ1n) is 5.87. The van der Waals surface area contributed by atoms with E-state index in [0.29, 0.717) is 12.2 Å². The molecule has 3 nitrogen and oxygen atoms in total. The van der Waals surface area contributed by atoms with Crippen molar-refractivity contribution < 1.29 is 22.7 Å². The highest BCUT2D eigenvalue weighted by atomic mass is 19.4. The number of alkyl halides is 3. The van der Waals surface area contributed by atoms with E-state index in [1.54, 1.807) is 4.90 Å². The van der Waals surface area contributed by atoms with Crippen molar-refractivity contribution in [2.24, 2.45) is 0 Å². The highest BCUT2D eigenvalue weighted by molar-refractivity contribution is 5.75. The number of nitrogens with zero attached hydrogens (tertiary/aromatic N) is 1. The molecule has 0 spiro atoms. The standard InChI is InChI=1S/C13H16F3NO2/c1-3-8-17(9-12(18)19-2)11-6-4-10(5-7-11)13(14,15)16/h4-7H,3,8-9H2,1-2H3. The van der Waals surface area contributed by atoms with Crippen molar-refractivity contribution in [3.8, 4) is 0 Å². The number of esters is 1. The van der Waals surface area contributed by atoms with Crippen LogP contribution in [0.2, 0.25) is 0 Å². The van der Waals surface area contributed by atoms with Gasteiger partial charge in [0.1, 0.15) is 6.54 Å². The molecule has 0 saturated heterocycles. The fourth-order valence-corrected chi connectivity index (χ4v) is 1.65. The molecule has 0 aliphatic rings. The number of carbonyl (C=O) groups excluding carboxylic acids is 1. The molecule has 0 atom stereocenters. The Kier molecular flexibility index (Phi) is 5.20. The molecule has 0 saturated carbocycles. The van der Waals surface area contributed by atoms with Crippen molar-refractivity contribution in [1.82, 2.24) is 0 Å². The first-order valence-corrected chi connectivity index (χ1v) is 5.87. The van der Waals surface area contributed by atoms with Crippen LogP contribution in [0.5, 0.6) is 0 Å². The van der Waals surface area contributed by atoms with Gasteiger partial charge in [-0.25, -0.2) is 0 Å². The second-order valence-electron chi connectivity index (χ2n) is 4.04. The molecule has 0 radical (unpaired) electrons. The summed E-state index contributed by atoms with van der Waals surface area (Å²) in [5, 5.41) is 0. The summed E-state index contributed by atoms with van der Waals surface area (Å²) >= 11 is 0. The minimum Gasteiger partial charge on any atom is -0.468 e. The summed E-state index contributed by atoms with van der Waals surface area (Å²) in [6.45, 7) is 2.52. The van der Waals surface area contributed by atoms with Gasteiger partial charge in [0.25, 0.3) is 0 Å². The van der Waals surface area contributed by atoms with Gasteiger partial charge in [0.05, 0.1) is 12.7 Å². The van der Waals surface area contributed by atoms with Crippen molar-refractivity contribution >= 4 is 11.7 Å². The maximum atomic E-state index is 12.4. The fourth-order valence-electron chi connectivity index (χ4n) is 1.65. The summed E-state index contributed by atoms with van der Waals surface area (Å²) in [7, 11) is 1.28. The maximum absolute atomic E-state index is 12.4. The lowest BCUT2D eigenvalue weighted by molar-refractivity contribution is -0.139. The smallest absolute Gasteiger partial charge is 0.416 e. The van der Waals surface area contributed by atoms with Gasteiger partial charge < -0.3 is 9.64 Å². The molecule has 0 unspecified atom stereocenters. The maximum Gasteiger partial charge on any atom is 0.416 e. The van der Waals surface area contributed by atoms with E-state index in [2.05, 4.69) is 4.74 Å². The third kappa shape index (κ3) is 4.46. The van der Waals surface area contributed by atoms with Crippen LogP contribution >= 0.6 is 0 Å². The number of rotatable bonds is 5. The largest absolute Gasteiger partial charge is 0.468 e. The summed E-state index contributed by atoms with van der Waals surface area (Å²) in [6, 6.07) is 4.74. The van der Waals surface area contributed by atoms with Gasteiger partial charge in [0.2, 0.25) is 0 Å². The molecule has 0 aliphatic heterocycles. The number of halogens is 3. The topological polar surface area (TPSA) is 29.5 Å². The Morgan fingerprint density at radius 3 is 2.26 bits per heavy atom. The molecule has 1 aromatic carbocycles. The van der Waals surface area contributed by atoms with Gasteiger partial charge in [-0.3, -0.25) is 4.79 Å². The van der Waals surface area contributed by atoms with Crippen molar-refractivity contribution in [2.45, 2.75) is 19.5 Å². The predicted octanol–water partition coefficient (Wildman–Crippen LogP) is 3.09. The Labute approximate surface area is 110 Å². The Hall–Kier alpha value is -1.72. The van der Waals surface area contributed by atoms with Crippen molar-refractivity contribution in [2.75, 3.05) is 25.1 Å². The van der Waals surface area contributed by atoms with Crippen molar-refractivity contribution in [1.29, 1.82) is 0 Å². The molecule has 0 N–H and O–H groups in total.